The minimum atomic E-state index is -0.864. The Bertz CT molecular complexity index is 520. The predicted octanol–water partition coefficient (Wildman–Crippen LogP) is 5.39. The number of carboxylic acid groups (broad SMARTS) is 1. The highest BCUT2D eigenvalue weighted by atomic mass is 16.4. The Hall–Kier alpha value is -1.61. The molecule has 0 saturated carbocycles. The monoisotopic (exact) mass is 332 g/mol. The first-order chi connectivity index (χ1) is 11.7. The molecule has 1 aromatic rings. The van der Waals surface area contributed by atoms with E-state index < -0.39 is 5.97 Å². The van der Waals surface area contributed by atoms with Gasteiger partial charge in [-0.2, -0.15) is 0 Å². The third kappa shape index (κ3) is 6.48. The van der Waals surface area contributed by atoms with Gasteiger partial charge in [-0.25, -0.2) is 4.79 Å². The number of hydrogen-bond donors (Lipinski definition) is 2. The summed E-state index contributed by atoms with van der Waals surface area (Å²) in [4.78, 5) is 11.8. The second kappa shape index (κ2) is 11.9. The zero-order chi connectivity index (χ0) is 17.8. The van der Waals surface area contributed by atoms with E-state index in [1.165, 1.54) is 12.0 Å². The number of allylic oxidation sites excluding steroid dienone is 1. The molecular weight excluding hydrogens is 300 g/mol. The van der Waals surface area contributed by atoms with Crippen molar-refractivity contribution in [3.8, 4) is 0 Å². The van der Waals surface area contributed by atoms with Gasteiger partial charge in [0.05, 0.1) is 5.57 Å². The molecular formula is C21H32O3. The Labute approximate surface area is 146 Å². The molecule has 0 aliphatic rings. The molecule has 0 bridgehead atoms. The van der Waals surface area contributed by atoms with Gasteiger partial charge in [-0.3, -0.25) is 0 Å². The molecule has 24 heavy (non-hydrogen) atoms. The van der Waals surface area contributed by atoms with Crippen molar-refractivity contribution in [3.63, 3.8) is 0 Å². The van der Waals surface area contributed by atoms with Crippen LogP contribution in [0.5, 0.6) is 0 Å². The summed E-state index contributed by atoms with van der Waals surface area (Å²) in [5, 5.41) is 18.6. The highest BCUT2D eigenvalue weighted by Crippen LogP contribution is 2.33. The van der Waals surface area contributed by atoms with Gasteiger partial charge in [-0.15, -0.1) is 0 Å². The van der Waals surface area contributed by atoms with E-state index in [0.29, 0.717) is 24.3 Å². The maximum Gasteiger partial charge on any atom is 0.335 e. The molecule has 1 unspecified atom stereocenters. The Morgan fingerprint density at radius 1 is 1.08 bits per heavy atom. The van der Waals surface area contributed by atoms with E-state index in [4.69, 9.17) is 5.11 Å². The van der Waals surface area contributed by atoms with Gasteiger partial charge in [0, 0.05) is 6.61 Å². The van der Waals surface area contributed by atoms with Crippen LogP contribution in [0.2, 0.25) is 0 Å². The van der Waals surface area contributed by atoms with Gasteiger partial charge in [0.15, 0.2) is 0 Å². The molecule has 0 aliphatic carbocycles. The summed E-state index contributed by atoms with van der Waals surface area (Å²) in [5.74, 6) is -0.441. The number of aliphatic hydroxyl groups excluding tert-OH is 1. The molecule has 0 radical (unpaired) electrons. The van der Waals surface area contributed by atoms with E-state index in [-0.39, 0.29) is 6.61 Å². The van der Waals surface area contributed by atoms with Crippen LogP contribution in [0.3, 0.4) is 0 Å². The summed E-state index contributed by atoms with van der Waals surface area (Å²) >= 11 is 0. The molecule has 1 aromatic carbocycles. The fourth-order valence-corrected chi connectivity index (χ4v) is 3.17. The molecule has 134 valence electrons. The quantitative estimate of drug-likeness (QED) is 0.398. The molecule has 0 heterocycles. The lowest BCUT2D eigenvalue weighted by molar-refractivity contribution is -0.130. The molecule has 2 N–H and O–H groups in total. The fourth-order valence-electron chi connectivity index (χ4n) is 3.17. The van der Waals surface area contributed by atoms with E-state index in [1.807, 2.05) is 24.3 Å². The maximum atomic E-state index is 11.8. The number of aliphatic hydroxyl groups is 1. The summed E-state index contributed by atoms with van der Waals surface area (Å²) in [7, 11) is 0. The first-order valence-electron chi connectivity index (χ1n) is 9.29. The SMILES string of the molecule is CCCCC(CCC)c1ccccc1/C(=C/CCCCO)C(=O)O. The van der Waals surface area contributed by atoms with Gasteiger partial charge >= 0.3 is 5.97 Å². The van der Waals surface area contributed by atoms with Crippen LogP contribution >= 0.6 is 0 Å². The van der Waals surface area contributed by atoms with E-state index >= 15 is 0 Å². The Balaban J connectivity index is 3.12. The van der Waals surface area contributed by atoms with Crippen LogP contribution in [0.15, 0.2) is 30.3 Å². The van der Waals surface area contributed by atoms with Gasteiger partial charge < -0.3 is 10.2 Å². The smallest absolute Gasteiger partial charge is 0.335 e. The average molecular weight is 332 g/mol. The summed E-state index contributed by atoms with van der Waals surface area (Å²) in [6, 6.07) is 7.97. The zero-order valence-electron chi connectivity index (χ0n) is 15.1. The molecule has 0 fully saturated rings. The first-order valence-corrected chi connectivity index (χ1v) is 9.29. The molecule has 0 spiro atoms. The maximum absolute atomic E-state index is 11.8. The van der Waals surface area contributed by atoms with Crippen LogP contribution in [0.25, 0.3) is 5.57 Å². The number of unbranched alkanes of at least 4 members (excludes halogenated alkanes) is 3. The minimum Gasteiger partial charge on any atom is -0.478 e. The van der Waals surface area contributed by atoms with Crippen LogP contribution in [0, 0.1) is 0 Å². The van der Waals surface area contributed by atoms with Crippen molar-refractivity contribution < 1.29 is 15.0 Å². The average Bonchev–Trinajstić information content (AvgIpc) is 2.58. The van der Waals surface area contributed by atoms with E-state index in [1.54, 1.807) is 0 Å². The number of benzene rings is 1. The van der Waals surface area contributed by atoms with Crippen molar-refractivity contribution in [2.45, 2.75) is 71.1 Å². The van der Waals surface area contributed by atoms with E-state index in [0.717, 1.165) is 37.7 Å². The van der Waals surface area contributed by atoms with Gasteiger partial charge in [-0.05, 0) is 49.1 Å². The number of rotatable bonds is 12. The lowest BCUT2D eigenvalue weighted by atomic mass is 9.84. The lowest BCUT2D eigenvalue weighted by Gasteiger charge is -2.20. The number of aliphatic carboxylic acids is 1. The Kier molecular flexibility index (Phi) is 10.1. The third-order valence-electron chi connectivity index (χ3n) is 4.43. The molecule has 0 aromatic heterocycles. The largest absolute Gasteiger partial charge is 0.478 e. The molecule has 0 amide bonds. The summed E-state index contributed by atoms with van der Waals surface area (Å²) in [6.07, 6.45) is 9.65. The highest BCUT2D eigenvalue weighted by Gasteiger charge is 2.19. The number of carbonyl (C=O) groups is 1. The van der Waals surface area contributed by atoms with Crippen molar-refractivity contribution in [1.82, 2.24) is 0 Å². The van der Waals surface area contributed by atoms with Crippen molar-refractivity contribution in [2.75, 3.05) is 6.61 Å². The highest BCUT2D eigenvalue weighted by molar-refractivity contribution is 6.15. The van der Waals surface area contributed by atoms with Crippen LogP contribution in [0.1, 0.15) is 82.3 Å². The lowest BCUT2D eigenvalue weighted by Crippen LogP contribution is -2.07. The van der Waals surface area contributed by atoms with Gasteiger partial charge in [0.2, 0.25) is 0 Å². The summed E-state index contributed by atoms with van der Waals surface area (Å²) in [6.45, 7) is 4.53. The van der Waals surface area contributed by atoms with Gasteiger partial charge in [0.25, 0.3) is 0 Å². The Morgan fingerprint density at radius 3 is 2.46 bits per heavy atom. The van der Waals surface area contributed by atoms with Gasteiger partial charge in [-0.1, -0.05) is 63.5 Å². The second-order valence-electron chi connectivity index (χ2n) is 6.36. The molecule has 3 heteroatoms. The van der Waals surface area contributed by atoms with Crippen molar-refractivity contribution in [3.05, 3.63) is 41.5 Å². The van der Waals surface area contributed by atoms with Crippen LogP contribution in [-0.2, 0) is 4.79 Å². The van der Waals surface area contributed by atoms with Crippen molar-refractivity contribution in [1.29, 1.82) is 0 Å². The summed E-state index contributed by atoms with van der Waals surface area (Å²) < 4.78 is 0. The molecule has 1 rings (SSSR count). The van der Waals surface area contributed by atoms with Crippen LogP contribution < -0.4 is 0 Å². The summed E-state index contributed by atoms with van der Waals surface area (Å²) in [5.41, 5.74) is 2.44. The van der Waals surface area contributed by atoms with E-state index in [2.05, 4.69) is 19.9 Å². The van der Waals surface area contributed by atoms with Gasteiger partial charge in [0.1, 0.15) is 0 Å². The minimum absolute atomic E-state index is 0.155. The normalized spacial score (nSPS) is 13.0. The fraction of sp³-hybridized carbons (Fsp3) is 0.571. The molecule has 0 aliphatic heterocycles. The standard InChI is InChI=1S/C21H32O3/c1-3-5-12-17(11-4-2)18-13-8-9-14-19(18)20(21(23)24)15-7-6-10-16-22/h8-9,13-15,17,22H,3-7,10-12,16H2,1-2H3,(H,23,24)/b20-15-. The topological polar surface area (TPSA) is 57.5 Å². The molecule has 0 saturated heterocycles. The first kappa shape index (κ1) is 20.4. The molecule has 1 atom stereocenters. The van der Waals surface area contributed by atoms with Crippen molar-refractivity contribution in [2.24, 2.45) is 0 Å². The second-order valence-corrected chi connectivity index (χ2v) is 6.36. The Morgan fingerprint density at radius 2 is 1.83 bits per heavy atom. The van der Waals surface area contributed by atoms with Crippen LogP contribution in [0.4, 0.5) is 0 Å². The number of carboxylic acids is 1. The third-order valence-corrected chi connectivity index (χ3v) is 4.43. The molecule has 3 nitrogen and oxygen atoms in total. The zero-order valence-corrected chi connectivity index (χ0v) is 15.1. The van der Waals surface area contributed by atoms with Crippen LogP contribution in [-0.4, -0.2) is 22.8 Å². The predicted molar refractivity (Wildman–Crippen MR) is 100 cm³/mol. The van der Waals surface area contributed by atoms with Crippen molar-refractivity contribution >= 4 is 11.5 Å². The number of hydrogen-bond acceptors (Lipinski definition) is 2. The van der Waals surface area contributed by atoms with E-state index in [9.17, 15) is 9.90 Å².